The van der Waals surface area contributed by atoms with Gasteiger partial charge in [0.25, 0.3) is 0 Å². The number of rotatable bonds is 15. The van der Waals surface area contributed by atoms with Crippen molar-refractivity contribution in [2.45, 2.75) is 71.5 Å². The van der Waals surface area contributed by atoms with Crippen molar-refractivity contribution in [3.63, 3.8) is 0 Å². The first kappa shape index (κ1) is 19.8. The fourth-order valence-corrected chi connectivity index (χ4v) is 2.06. The average molecular weight is 289 g/mol. The Morgan fingerprint density at radius 1 is 1.00 bits per heavy atom. The van der Waals surface area contributed by atoms with Crippen molar-refractivity contribution in [2.24, 2.45) is 0 Å². The zero-order chi connectivity index (χ0) is 15.1. The molecule has 0 radical (unpaired) electrons. The number of nitrogens with one attached hydrogen (secondary N) is 1. The van der Waals surface area contributed by atoms with Gasteiger partial charge in [-0.25, -0.2) is 0 Å². The van der Waals surface area contributed by atoms with Crippen molar-refractivity contribution in [1.82, 2.24) is 5.32 Å². The molecule has 0 saturated heterocycles. The molecular formula is C16H35NO3. The maximum absolute atomic E-state index is 9.74. The Labute approximate surface area is 125 Å². The average Bonchev–Trinajstić information content (AvgIpc) is 2.42. The highest BCUT2D eigenvalue weighted by Gasteiger charge is 2.05. The van der Waals surface area contributed by atoms with Gasteiger partial charge in [-0.05, 0) is 20.3 Å². The largest absolute Gasteiger partial charge is 0.389 e. The summed E-state index contributed by atoms with van der Waals surface area (Å²) in [5, 5.41) is 12.9. The first-order valence-corrected chi connectivity index (χ1v) is 8.28. The van der Waals surface area contributed by atoms with E-state index in [4.69, 9.17) is 9.47 Å². The lowest BCUT2D eigenvalue weighted by Crippen LogP contribution is -2.35. The number of aliphatic hydroxyl groups excluding tert-OH is 1. The Morgan fingerprint density at radius 2 is 1.70 bits per heavy atom. The van der Waals surface area contributed by atoms with Gasteiger partial charge in [-0.3, -0.25) is 0 Å². The molecule has 0 saturated carbocycles. The van der Waals surface area contributed by atoms with E-state index in [9.17, 15) is 5.11 Å². The van der Waals surface area contributed by atoms with E-state index in [1.54, 1.807) is 0 Å². The third-order valence-electron chi connectivity index (χ3n) is 3.22. The fraction of sp³-hybridized carbons (Fsp3) is 1.00. The Balaban J connectivity index is 3.22. The summed E-state index contributed by atoms with van der Waals surface area (Å²) >= 11 is 0. The standard InChI is InChI=1S/C16H35NO3/c1-4-6-7-8-9-10-11-19-14-16(18)13-17-12-15(3)20-5-2/h15-18H,4-14H2,1-3H3. The maximum atomic E-state index is 9.74. The van der Waals surface area contributed by atoms with Crippen LogP contribution in [0.3, 0.4) is 0 Å². The summed E-state index contributed by atoms with van der Waals surface area (Å²) < 4.78 is 10.9. The zero-order valence-electron chi connectivity index (χ0n) is 13.7. The lowest BCUT2D eigenvalue weighted by Gasteiger charge is -2.15. The summed E-state index contributed by atoms with van der Waals surface area (Å²) in [6.45, 7) is 9.49. The van der Waals surface area contributed by atoms with Gasteiger partial charge in [0.1, 0.15) is 0 Å². The second-order valence-corrected chi connectivity index (χ2v) is 5.42. The summed E-state index contributed by atoms with van der Waals surface area (Å²) in [4.78, 5) is 0. The van der Waals surface area contributed by atoms with Crippen molar-refractivity contribution in [1.29, 1.82) is 0 Å². The molecule has 0 aromatic heterocycles. The Hall–Kier alpha value is -0.160. The van der Waals surface area contributed by atoms with Crippen LogP contribution in [0, 0.1) is 0 Å². The molecule has 0 spiro atoms. The summed E-state index contributed by atoms with van der Waals surface area (Å²) in [6, 6.07) is 0. The molecule has 0 aliphatic rings. The topological polar surface area (TPSA) is 50.7 Å². The third-order valence-corrected chi connectivity index (χ3v) is 3.22. The van der Waals surface area contributed by atoms with Crippen molar-refractivity contribution in [3.05, 3.63) is 0 Å². The highest BCUT2D eigenvalue weighted by Crippen LogP contribution is 2.04. The van der Waals surface area contributed by atoms with Gasteiger partial charge in [-0.15, -0.1) is 0 Å². The van der Waals surface area contributed by atoms with Crippen molar-refractivity contribution in [3.8, 4) is 0 Å². The van der Waals surface area contributed by atoms with Crippen LogP contribution in [0.1, 0.15) is 59.3 Å². The Kier molecular flexibility index (Phi) is 15.1. The molecule has 0 aromatic carbocycles. The van der Waals surface area contributed by atoms with Crippen LogP contribution in [0.2, 0.25) is 0 Å². The SMILES string of the molecule is CCCCCCCCOCC(O)CNCC(C)OCC. The molecule has 0 aromatic rings. The highest BCUT2D eigenvalue weighted by atomic mass is 16.5. The first-order chi connectivity index (χ1) is 9.70. The summed E-state index contributed by atoms with van der Waals surface area (Å²) in [6.07, 6.45) is 7.37. The number of ether oxygens (including phenoxy) is 2. The fourth-order valence-electron chi connectivity index (χ4n) is 2.06. The molecule has 122 valence electrons. The Morgan fingerprint density at radius 3 is 2.40 bits per heavy atom. The predicted molar refractivity (Wildman–Crippen MR) is 84.2 cm³/mol. The summed E-state index contributed by atoms with van der Waals surface area (Å²) in [5.41, 5.74) is 0. The van der Waals surface area contributed by atoms with Gasteiger partial charge in [-0.2, -0.15) is 0 Å². The van der Waals surface area contributed by atoms with Crippen LogP contribution in [-0.2, 0) is 9.47 Å². The van der Waals surface area contributed by atoms with Crippen LogP contribution < -0.4 is 5.32 Å². The van der Waals surface area contributed by atoms with E-state index >= 15 is 0 Å². The van der Waals surface area contributed by atoms with Gasteiger partial charge in [-0.1, -0.05) is 39.0 Å². The van der Waals surface area contributed by atoms with Crippen LogP contribution in [0.25, 0.3) is 0 Å². The second kappa shape index (κ2) is 15.2. The normalized spacial score (nSPS) is 14.4. The summed E-state index contributed by atoms with van der Waals surface area (Å²) in [7, 11) is 0. The third kappa shape index (κ3) is 14.3. The molecule has 0 aliphatic heterocycles. The van der Waals surface area contributed by atoms with Gasteiger partial charge in [0.15, 0.2) is 0 Å². The monoisotopic (exact) mass is 289 g/mol. The van der Waals surface area contributed by atoms with Crippen LogP contribution in [0.5, 0.6) is 0 Å². The molecule has 4 nitrogen and oxygen atoms in total. The second-order valence-electron chi connectivity index (χ2n) is 5.42. The van der Waals surface area contributed by atoms with Crippen LogP contribution >= 0.6 is 0 Å². The molecule has 2 N–H and O–H groups in total. The van der Waals surface area contributed by atoms with Gasteiger partial charge in [0, 0.05) is 26.3 Å². The van der Waals surface area contributed by atoms with E-state index in [0.29, 0.717) is 13.2 Å². The molecule has 2 atom stereocenters. The minimum Gasteiger partial charge on any atom is -0.389 e. The molecule has 2 unspecified atom stereocenters. The molecule has 20 heavy (non-hydrogen) atoms. The molecule has 0 fully saturated rings. The molecule has 0 amide bonds. The van der Waals surface area contributed by atoms with Gasteiger partial charge in [0.05, 0.1) is 18.8 Å². The lowest BCUT2D eigenvalue weighted by atomic mass is 10.1. The van der Waals surface area contributed by atoms with E-state index in [1.807, 2.05) is 13.8 Å². The quantitative estimate of drug-likeness (QED) is 0.455. The molecule has 0 rings (SSSR count). The smallest absolute Gasteiger partial charge is 0.0897 e. The van der Waals surface area contributed by atoms with E-state index in [1.165, 1.54) is 32.1 Å². The number of aliphatic hydroxyl groups is 1. The van der Waals surface area contributed by atoms with Crippen LogP contribution in [0.4, 0.5) is 0 Å². The number of unbranched alkanes of at least 4 members (excludes halogenated alkanes) is 5. The van der Waals surface area contributed by atoms with Gasteiger partial charge in [0.2, 0.25) is 0 Å². The van der Waals surface area contributed by atoms with Crippen LogP contribution in [-0.4, -0.2) is 50.2 Å². The highest BCUT2D eigenvalue weighted by molar-refractivity contribution is 4.61. The van der Waals surface area contributed by atoms with E-state index in [-0.39, 0.29) is 6.10 Å². The number of hydrogen-bond acceptors (Lipinski definition) is 4. The Bertz CT molecular complexity index is 191. The molecule has 0 bridgehead atoms. The molecular weight excluding hydrogens is 254 g/mol. The van der Waals surface area contributed by atoms with E-state index < -0.39 is 6.10 Å². The van der Waals surface area contributed by atoms with E-state index in [0.717, 1.165) is 26.2 Å². The number of hydrogen-bond donors (Lipinski definition) is 2. The lowest BCUT2D eigenvalue weighted by molar-refractivity contribution is 0.0307. The minimum absolute atomic E-state index is 0.191. The zero-order valence-corrected chi connectivity index (χ0v) is 13.7. The van der Waals surface area contributed by atoms with Crippen molar-refractivity contribution in [2.75, 3.05) is 32.9 Å². The first-order valence-electron chi connectivity index (χ1n) is 8.28. The van der Waals surface area contributed by atoms with Gasteiger partial charge >= 0.3 is 0 Å². The molecule has 0 aliphatic carbocycles. The van der Waals surface area contributed by atoms with E-state index in [2.05, 4.69) is 12.2 Å². The molecule has 4 heteroatoms. The maximum Gasteiger partial charge on any atom is 0.0897 e. The van der Waals surface area contributed by atoms with Gasteiger partial charge < -0.3 is 19.9 Å². The minimum atomic E-state index is -0.427. The van der Waals surface area contributed by atoms with Crippen molar-refractivity contribution >= 4 is 0 Å². The molecule has 0 heterocycles. The predicted octanol–water partition coefficient (Wildman–Crippen LogP) is 2.74. The summed E-state index contributed by atoms with van der Waals surface area (Å²) in [5.74, 6) is 0. The van der Waals surface area contributed by atoms with Crippen LogP contribution in [0.15, 0.2) is 0 Å². The van der Waals surface area contributed by atoms with Crippen molar-refractivity contribution < 1.29 is 14.6 Å².